The van der Waals surface area contributed by atoms with Crippen molar-refractivity contribution in [3.63, 3.8) is 0 Å². The van der Waals surface area contributed by atoms with Crippen molar-refractivity contribution >= 4 is 33.4 Å². The number of amides is 2. The lowest BCUT2D eigenvalue weighted by molar-refractivity contribution is -0.127. The van der Waals surface area contributed by atoms with Crippen LogP contribution in [0.15, 0.2) is 22.7 Å². The van der Waals surface area contributed by atoms with Gasteiger partial charge in [0.05, 0.1) is 11.1 Å². The Morgan fingerprint density at radius 2 is 1.85 bits per heavy atom. The van der Waals surface area contributed by atoms with Crippen molar-refractivity contribution in [2.45, 2.75) is 45.4 Å². The number of rotatable bonds is 1. The molecular weight excluding hydrogens is 318 g/mol. The molecular formula is C16H18BrNO2. The van der Waals surface area contributed by atoms with Crippen molar-refractivity contribution in [3.8, 4) is 0 Å². The lowest BCUT2D eigenvalue weighted by Gasteiger charge is -2.30. The molecule has 4 heteroatoms. The number of benzene rings is 1. The van der Waals surface area contributed by atoms with E-state index in [1.165, 1.54) is 11.3 Å². The molecule has 1 saturated carbocycles. The molecule has 1 aliphatic heterocycles. The van der Waals surface area contributed by atoms with Crippen LogP contribution in [0.5, 0.6) is 0 Å². The van der Waals surface area contributed by atoms with Crippen molar-refractivity contribution in [1.82, 2.24) is 0 Å². The Morgan fingerprint density at radius 1 is 1.15 bits per heavy atom. The van der Waals surface area contributed by atoms with Gasteiger partial charge in [-0.15, -0.1) is 0 Å². The predicted molar refractivity (Wildman–Crippen MR) is 81.5 cm³/mol. The number of aryl methyl sites for hydroxylation is 1. The van der Waals surface area contributed by atoms with Crippen molar-refractivity contribution in [3.05, 3.63) is 28.2 Å². The van der Waals surface area contributed by atoms with Gasteiger partial charge in [-0.2, -0.15) is 0 Å². The summed E-state index contributed by atoms with van der Waals surface area (Å²) in [6.07, 6.45) is 5.42. The standard InChI is InChI=1S/C16H18BrNO2/c1-11-9-12(5-6-13(11)17)18-14(19)10-16(15(18)20)7-3-2-4-8-16/h5-6,9H,2-4,7-8,10H2,1H3. The number of hydrogen-bond donors (Lipinski definition) is 0. The summed E-state index contributed by atoms with van der Waals surface area (Å²) in [5, 5.41) is 0. The first-order valence-electron chi connectivity index (χ1n) is 7.17. The van der Waals surface area contributed by atoms with E-state index in [0.29, 0.717) is 12.1 Å². The predicted octanol–water partition coefficient (Wildman–Crippen LogP) is 3.97. The number of anilines is 1. The number of imide groups is 1. The van der Waals surface area contributed by atoms with Crippen molar-refractivity contribution in [2.24, 2.45) is 5.41 Å². The average Bonchev–Trinajstić information content (AvgIpc) is 2.66. The SMILES string of the molecule is Cc1cc(N2C(=O)CC3(CCCCC3)C2=O)ccc1Br. The van der Waals surface area contributed by atoms with E-state index < -0.39 is 5.41 Å². The molecule has 20 heavy (non-hydrogen) atoms. The van der Waals surface area contributed by atoms with Crippen LogP contribution in [0, 0.1) is 12.3 Å². The maximum atomic E-state index is 12.8. The fraction of sp³-hybridized carbons (Fsp3) is 0.500. The van der Waals surface area contributed by atoms with Crippen LogP contribution < -0.4 is 4.90 Å². The molecule has 1 aromatic rings. The van der Waals surface area contributed by atoms with Crippen LogP contribution in [0.2, 0.25) is 0 Å². The quantitative estimate of drug-likeness (QED) is 0.728. The van der Waals surface area contributed by atoms with Gasteiger partial charge in [0.25, 0.3) is 0 Å². The van der Waals surface area contributed by atoms with Crippen molar-refractivity contribution in [2.75, 3.05) is 4.90 Å². The van der Waals surface area contributed by atoms with Gasteiger partial charge < -0.3 is 0 Å². The molecule has 1 saturated heterocycles. The van der Waals surface area contributed by atoms with Crippen LogP contribution in [-0.4, -0.2) is 11.8 Å². The molecule has 1 spiro atoms. The van der Waals surface area contributed by atoms with Crippen LogP contribution in [0.3, 0.4) is 0 Å². The summed E-state index contributed by atoms with van der Waals surface area (Å²) < 4.78 is 0.993. The number of carbonyl (C=O) groups is 2. The molecule has 1 aromatic carbocycles. The van der Waals surface area contributed by atoms with Gasteiger partial charge in [0.15, 0.2) is 0 Å². The highest BCUT2D eigenvalue weighted by Crippen LogP contribution is 2.46. The van der Waals surface area contributed by atoms with Gasteiger partial charge >= 0.3 is 0 Å². The molecule has 0 aromatic heterocycles. The first-order valence-corrected chi connectivity index (χ1v) is 7.96. The van der Waals surface area contributed by atoms with E-state index in [1.54, 1.807) is 0 Å². The van der Waals surface area contributed by atoms with Crippen LogP contribution in [0.1, 0.15) is 44.1 Å². The molecule has 0 bridgehead atoms. The van der Waals surface area contributed by atoms with Crippen LogP contribution in [0.4, 0.5) is 5.69 Å². The fourth-order valence-corrected chi connectivity index (χ4v) is 3.69. The molecule has 2 amide bonds. The summed E-state index contributed by atoms with van der Waals surface area (Å²) in [7, 11) is 0. The van der Waals surface area contributed by atoms with E-state index in [0.717, 1.165) is 35.7 Å². The van der Waals surface area contributed by atoms with Crippen LogP contribution in [-0.2, 0) is 9.59 Å². The monoisotopic (exact) mass is 335 g/mol. The second-order valence-corrected chi connectivity index (χ2v) is 6.84. The van der Waals surface area contributed by atoms with Crippen LogP contribution >= 0.6 is 15.9 Å². The minimum atomic E-state index is -0.406. The van der Waals surface area contributed by atoms with Crippen LogP contribution in [0.25, 0.3) is 0 Å². The summed E-state index contributed by atoms with van der Waals surface area (Å²) in [5.41, 5.74) is 1.34. The molecule has 3 rings (SSSR count). The summed E-state index contributed by atoms with van der Waals surface area (Å²) in [5.74, 6) is -0.0254. The normalized spacial score (nSPS) is 21.8. The second-order valence-electron chi connectivity index (χ2n) is 5.99. The summed E-state index contributed by atoms with van der Waals surface area (Å²) in [4.78, 5) is 26.5. The molecule has 2 aliphatic rings. The Kier molecular flexibility index (Phi) is 3.44. The average molecular weight is 336 g/mol. The fourth-order valence-electron chi connectivity index (χ4n) is 3.44. The van der Waals surface area contributed by atoms with E-state index in [9.17, 15) is 9.59 Å². The molecule has 0 atom stereocenters. The van der Waals surface area contributed by atoms with Gasteiger partial charge in [-0.05, 0) is 43.5 Å². The minimum absolute atomic E-state index is 0.0175. The van der Waals surface area contributed by atoms with Crippen molar-refractivity contribution < 1.29 is 9.59 Å². The maximum Gasteiger partial charge on any atom is 0.240 e. The molecule has 2 fully saturated rings. The topological polar surface area (TPSA) is 37.4 Å². The zero-order chi connectivity index (χ0) is 14.3. The number of carbonyl (C=O) groups excluding carboxylic acids is 2. The van der Waals surface area contributed by atoms with E-state index >= 15 is 0 Å². The Hall–Kier alpha value is -1.16. The third-order valence-corrected chi connectivity index (χ3v) is 5.50. The first-order chi connectivity index (χ1) is 9.53. The molecule has 0 unspecified atom stereocenters. The van der Waals surface area contributed by atoms with E-state index in [4.69, 9.17) is 0 Å². The van der Waals surface area contributed by atoms with Gasteiger partial charge in [0, 0.05) is 10.9 Å². The third-order valence-electron chi connectivity index (χ3n) is 4.61. The first kappa shape index (κ1) is 13.8. The van der Waals surface area contributed by atoms with Gasteiger partial charge in [0.2, 0.25) is 11.8 Å². The molecule has 106 valence electrons. The van der Waals surface area contributed by atoms with Gasteiger partial charge in [-0.25, -0.2) is 0 Å². The number of hydrogen-bond acceptors (Lipinski definition) is 2. The van der Waals surface area contributed by atoms with E-state index in [-0.39, 0.29) is 11.8 Å². The van der Waals surface area contributed by atoms with Crippen molar-refractivity contribution in [1.29, 1.82) is 0 Å². The van der Waals surface area contributed by atoms with Gasteiger partial charge in [-0.1, -0.05) is 35.2 Å². The Labute approximate surface area is 127 Å². The largest absolute Gasteiger partial charge is 0.274 e. The molecule has 0 radical (unpaired) electrons. The second kappa shape index (κ2) is 4.99. The highest BCUT2D eigenvalue weighted by atomic mass is 79.9. The zero-order valence-electron chi connectivity index (χ0n) is 11.6. The molecule has 3 nitrogen and oxygen atoms in total. The lowest BCUT2D eigenvalue weighted by atomic mass is 9.73. The zero-order valence-corrected chi connectivity index (χ0v) is 13.2. The van der Waals surface area contributed by atoms with E-state index in [1.807, 2.05) is 25.1 Å². The highest BCUT2D eigenvalue weighted by Gasteiger charge is 2.51. The summed E-state index contributed by atoms with van der Waals surface area (Å²) in [6, 6.07) is 5.65. The maximum absolute atomic E-state index is 12.8. The summed E-state index contributed by atoms with van der Waals surface area (Å²) >= 11 is 3.45. The summed E-state index contributed by atoms with van der Waals surface area (Å²) in [6.45, 7) is 1.97. The Balaban J connectivity index is 1.95. The smallest absolute Gasteiger partial charge is 0.240 e. The van der Waals surface area contributed by atoms with Gasteiger partial charge in [-0.3, -0.25) is 14.5 Å². The highest BCUT2D eigenvalue weighted by molar-refractivity contribution is 9.10. The number of nitrogens with zero attached hydrogens (tertiary/aromatic N) is 1. The molecule has 1 aliphatic carbocycles. The number of halogens is 1. The molecule has 1 heterocycles. The minimum Gasteiger partial charge on any atom is -0.274 e. The third kappa shape index (κ3) is 2.10. The Morgan fingerprint density at radius 3 is 2.50 bits per heavy atom. The lowest BCUT2D eigenvalue weighted by Crippen LogP contribution is -2.37. The van der Waals surface area contributed by atoms with Gasteiger partial charge in [0.1, 0.15) is 0 Å². The molecule has 0 N–H and O–H groups in total. The van der Waals surface area contributed by atoms with E-state index in [2.05, 4.69) is 15.9 Å². The Bertz CT molecular complexity index is 576.